The Balaban J connectivity index is 1.55. The van der Waals surface area contributed by atoms with Crippen LogP contribution in [0.2, 0.25) is 0 Å². The number of nitro groups is 1. The van der Waals surface area contributed by atoms with E-state index in [2.05, 4.69) is 22.4 Å². The van der Waals surface area contributed by atoms with Crippen molar-refractivity contribution in [1.82, 2.24) is 15.5 Å². The molecule has 2 heterocycles. The lowest BCUT2D eigenvalue weighted by Crippen LogP contribution is -2.32. The van der Waals surface area contributed by atoms with Crippen molar-refractivity contribution in [2.75, 3.05) is 20.3 Å². The maximum Gasteiger partial charge on any atom is 0.336 e. The molecule has 11 nitrogen and oxygen atoms in total. The molecule has 0 bridgehead atoms. The van der Waals surface area contributed by atoms with E-state index >= 15 is 0 Å². The van der Waals surface area contributed by atoms with Gasteiger partial charge in [0.15, 0.2) is 0 Å². The number of methoxy groups -OCH3 is 1. The molecule has 1 aromatic heterocycles. The summed E-state index contributed by atoms with van der Waals surface area (Å²) in [5.74, 6) is -1.48. The van der Waals surface area contributed by atoms with Gasteiger partial charge in [-0.3, -0.25) is 15.2 Å². The maximum absolute atomic E-state index is 13.3. The first-order valence-corrected chi connectivity index (χ1v) is 13.6. The van der Waals surface area contributed by atoms with Gasteiger partial charge < -0.3 is 19.5 Å². The lowest BCUT2D eigenvalue weighted by molar-refractivity contribution is -0.384. The number of esters is 2. The van der Waals surface area contributed by atoms with Gasteiger partial charge in [-0.15, -0.1) is 5.10 Å². The number of hydrogen-bond acceptors (Lipinski definition) is 9. The van der Waals surface area contributed by atoms with Gasteiger partial charge in [0.25, 0.3) is 5.69 Å². The highest BCUT2D eigenvalue weighted by molar-refractivity contribution is 5.99. The number of aromatic amines is 1. The zero-order chi connectivity index (χ0) is 29.1. The largest absolute Gasteiger partial charge is 0.477 e. The quantitative estimate of drug-likeness (QED) is 0.130. The van der Waals surface area contributed by atoms with E-state index in [0.717, 1.165) is 44.2 Å². The van der Waals surface area contributed by atoms with Crippen molar-refractivity contribution in [1.29, 1.82) is 0 Å². The van der Waals surface area contributed by atoms with Gasteiger partial charge in [-0.05, 0) is 57.9 Å². The fraction of sp³-hybridized carbons (Fsp3) is 0.483. The molecule has 0 aliphatic carbocycles. The number of aryl methyl sites for hydroxylation is 1. The lowest BCUT2D eigenvalue weighted by Gasteiger charge is -2.30. The van der Waals surface area contributed by atoms with Crippen LogP contribution in [0, 0.1) is 10.1 Å². The first-order chi connectivity index (χ1) is 19.3. The number of ether oxygens (including phenoxy) is 3. The van der Waals surface area contributed by atoms with Crippen LogP contribution in [0.3, 0.4) is 0 Å². The molecule has 11 heteroatoms. The molecule has 0 amide bonds. The molecule has 1 atom stereocenters. The number of carbonyl (C=O) groups excluding carboxylic acids is 2. The first-order valence-electron chi connectivity index (χ1n) is 13.6. The molecule has 1 unspecified atom stereocenters. The summed E-state index contributed by atoms with van der Waals surface area (Å²) in [5, 5.41) is 21.6. The minimum atomic E-state index is -0.872. The molecule has 2 aromatic rings. The van der Waals surface area contributed by atoms with Crippen molar-refractivity contribution in [3.63, 3.8) is 0 Å². The van der Waals surface area contributed by atoms with Gasteiger partial charge in [-0.1, -0.05) is 25.5 Å². The van der Waals surface area contributed by atoms with E-state index in [-0.39, 0.29) is 23.4 Å². The summed E-state index contributed by atoms with van der Waals surface area (Å²) in [7, 11) is 1.25. The number of non-ortho nitro benzene ring substituents is 1. The Morgan fingerprint density at radius 2 is 1.70 bits per heavy atom. The van der Waals surface area contributed by atoms with Gasteiger partial charge in [0.2, 0.25) is 5.88 Å². The maximum atomic E-state index is 13.3. The second kappa shape index (κ2) is 14.9. The van der Waals surface area contributed by atoms with Crippen molar-refractivity contribution in [2.24, 2.45) is 0 Å². The van der Waals surface area contributed by atoms with Gasteiger partial charge in [-0.25, -0.2) is 9.59 Å². The number of dihydropyridines is 1. The second-order valence-electron chi connectivity index (χ2n) is 9.71. The number of hydrogen-bond donors (Lipinski definition) is 2. The van der Waals surface area contributed by atoms with Gasteiger partial charge in [0.05, 0.1) is 42.3 Å². The summed E-state index contributed by atoms with van der Waals surface area (Å²) in [4.78, 5) is 36.9. The van der Waals surface area contributed by atoms with Crippen LogP contribution in [0.1, 0.15) is 76.5 Å². The van der Waals surface area contributed by atoms with E-state index in [9.17, 15) is 19.7 Å². The number of nitrogens with zero attached hydrogens (tertiary/aromatic N) is 2. The predicted octanol–water partition coefficient (Wildman–Crippen LogP) is 5.25. The number of nitro benzene ring substituents is 1. The summed E-state index contributed by atoms with van der Waals surface area (Å²) in [6.45, 7) is 6.32. The van der Waals surface area contributed by atoms with E-state index in [1.165, 1.54) is 25.3 Å². The highest BCUT2D eigenvalue weighted by Crippen LogP contribution is 2.40. The third-order valence-corrected chi connectivity index (χ3v) is 6.73. The van der Waals surface area contributed by atoms with Crippen molar-refractivity contribution in [3.8, 4) is 5.88 Å². The minimum absolute atomic E-state index is 0.142. The molecule has 216 valence electrons. The Bertz CT molecular complexity index is 1260. The number of aromatic nitrogens is 2. The third kappa shape index (κ3) is 7.93. The van der Waals surface area contributed by atoms with E-state index in [0.29, 0.717) is 35.9 Å². The summed E-state index contributed by atoms with van der Waals surface area (Å²) < 4.78 is 16.3. The topological polar surface area (TPSA) is 146 Å². The van der Waals surface area contributed by atoms with Crippen LogP contribution in [0.5, 0.6) is 5.88 Å². The average molecular weight is 555 g/mol. The monoisotopic (exact) mass is 554 g/mol. The van der Waals surface area contributed by atoms with Crippen LogP contribution in [-0.2, 0) is 25.5 Å². The Kier molecular flexibility index (Phi) is 11.3. The molecule has 0 radical (unpaired) electrons. The predicted molar refractivity (Wildman–Crippen MR) is 149 cm³/mol. The Morgan fingerprint density at radius 1 is 1.00 bits per heavy atom. The Hall–Kier alpha value is -4.15. The summed E-state index contributed by atoms with van der Waals surface area (Å²) in [6, 6.07) is 7.84. The van der Waals surface area contributed by atoms with Gasteiger partial charge in [-0.2, -0.15) is 0 Å². The fourth-order valence-electron chi connectivity index (χ4n) is 4.68. The third-order valence-electron chi connectivity index (χ3n) is 6.73. The van der Waals surface area contributed by atoms with Crippen LogP contribution < -0.4 is 10.1 Å². The molecule has 3 rings (SSSR count). The zero-order valence-electron chi connectivity index (χ0n) is 23.6. The number of nitrogens with one attached hydrogen (secondary N) is 2. The summed E-state index contributed by atoms with van der Waals surface area (Å²) >= 11 is 0. The van der Waals surface area contributed by atoms with Gasteiger partial charge >= 0.3 is 11.9 Å². The molecule has 0 saturated carbocycles. The first kappa shape index (κ1) is 30.4. The molecular weight excluding hydrogens is 516 g/mol. The number of carbonyl (C=O) groups is 2. The van der Waals surface area contributed by atoms with Crippen LogP contribution in [-0.4, -0.2) is 47.4 Å². The zero-order valence-corrected chi connectivity index (χ0v) is 23.6. The van der Waals surface area contributed by atoms with Crippen LogP contribution in [0.15, 0.2) is 52.9 Å². The molecule has 1 aliphatic heterocycles. The van der Waals surface area contributed by atoms with Crippen LogP contribution in [0.25, 0.3) is 0 Å². The van der Waals surface area contributed by atoms with Gasteiger partial charge in [0.1, 0.15) is 0 Å². The van der Waals surface area contributed by atoms with Crippen LogP contribution in [0.4, 0.5) is 5.69 Å². The molecule has 0 spiro atoms. The summed E-state index contributed by atoms with van der Waals surface area (Å²) in [6.07, 6.45) is 6.45. The SMILES string of the molecule is CCCCc1cc(OCCCCCCOC(=O)C2=C(C)NC(C)=C(C(=O)OC)C2c2cccc([N+](=O)[O-])c2)n[nH]1. The molecule has 2 N–H and O–H groups in total. The lowest BCUT2D eigenvalue weighted by atomic mass is 9.80. The van der Waals surface area contributed by atoms with Crippen molar-refractivity contribution in [3.05, 3.63) is 74.2 Å². The summed E-state index contributed by atoms with van der Waals surface area (Å²) in [5.41, 5.74) is 2.81. The molecular formula is C29H38N4O7. The molecule has 1 aromatic carbocycles. The molecule has 40 heavy (non-hydrogen) atoms. The fourth-order valence-corrected chi connectivity index (χ4v) is 4.68. The Morgan fingerprint density at radius 3 is 2.38 bits per heavy atom. The van der Waals surface area contributed by atoms with E-state index in [4.69, 9.17) is 14.2 Å². The van der Waals surface area contributed by atoms with Crippen molar-refractivity contribution in [2.45, 2.75) is 71.6 Å². The standard InChI is InChI=1S/C29H38N4O7/c1-5-6-13-22-18-24(32-31-22)39-15-9-7-8-10-16-40-29(35)26-20(3)30-19(2)25(28(34)38-4)27(26)21-12-11-14-23(17-21)33(36)37/h11-12,14,17-18,27,30H,5-10,13,15-16H2,1-4H3,(H,31,32). The molecule has 1 aliphatic rings. The highest BCUT2D eigenvalue weighted by Gasteiger charge is 2.38. The van der Waals surface area contributed by atoms with E-state index in [1.54, 1.807) is 19.9 Å². The minimum Gasteiger partial charge on any atom is -0.477 e. The average Bonchev–Trinajstić information content (AvgIpc) is 3.40. The molecule has 0 fully saturated rings. The van der Waals surface area contributed by atoms with E-state index < -0.39 is 22.8 Å². The van der Waals surface area contributed by atoms with Crippen molar-refractivity contribution >= 4 is 17.6 Å². The number of benzene rings is 1. The Labute approximate surface area is 234 Å². The number of rotatable bonds is 15. The second-order valence-corrected chi connectivity index (χ2v) is 9.71. The van der Waals surface area contributed by atoms with E-state index in [1.807, 2.05) is 6.07 Å². The van der Waals surface area contributed by atoms with Gasteiger partial charge in [0, 0.05) is 35.3 Å². The number of unbranched alkanes of at least 4 members (excludes halogenated alkanes) is 4. The van der Waals surface area contributed by atoms with Crippen LogP contribution >= 0.6 is 0 Å². The normalized spacial score (nSPS) is 15.1. The molecule has 0 saturated heterocycles. The highest BCUT2D eigenvalue weighted by atomic mass is 16.6. The number of allylic oxidation sites excluding steroid dienone is 2. The number of H-pyrrole nitrogens is 1. The van der Waals surface area contributed by atoms with Crippen molar-refractivity contribution < 1.29 is 28.7 Å². The smallest absolute Gasteiger partial charge is 0.336 e.